The van der Waals surface area contributed by atoms with Crippen LogP contribution in [0.4, 0.5) is 13.2 Å². The van der Waals surface area contributed by atoms with E-state index in [0.29, 0.717) is 16.9 Å². The molecule has 138 valence electrons. The summed E-state index contributed by atoms with van der Waals surface area (Å²) in [5.74, 6) is 0.156. The predicted molar refractivity (Wildman–Crippen MR) is 98.3 cm³/mol. The second kappa shape index (κ2) is 7.79. The minimum Gasteiger partial charge on any atom is -0.455 e. The number of carbonyl (C=O) groups excluding carboxylic acids is 1. The van der Waals surface area contributed by atoms with E-state index in [4.69, 9.17) is 4.42 Å². The lowest BCUT2D eigenvalue weighted by Crippen LogP contribution is -2.17. The van der Waals surface area contributed by atoms with Gasteiger partial charge in [-0.3, -0.25) is 4.79 Å². The Labute approximate surface area is 160 Å². The van der Waals surface area contributed by atoms with Gasteiger partial charge in [0.05, 0.1) is 11.8 Å². The fourth-order valence-corrected chi connectivity index (χ4v) is 2.51. The van der Waals surface area contributed by atoms with Gasteiger partial charge in [0.15, 0.2) is 0 Å². The van der Waals surface area contributed by atoms with Crippen LogP contribution in [0.15, 0.2) is 74.7 Å². The molecule has 0 fully saturated rings. The molecule has 1 amide bonds. The van der Waals surface area contributed by atoms with Gasteiger partial charge < -0.3 is 4.42 Å². The van der Waals surface area contributed by atoms with Gasteiger partial charge in [-0.15, -0.1) is 0 Å². The Kier molecular flexibility index (Phi) is 5.46. The molecule has 0 aliphatic heterocycles. The fraction of sp³-hybridized carbons (Fsp3) is 0.0526. The molecule has 4 nitrogen and oxygen atoms in total. The summed E-state index contributed by atoms with van der Waals surface area (Å²) in [7, 11) is 0. The van der Waals surface area contributed by atoms with Gasteiger partial charge in [0.25, 0.3) is 5.91 Å². The molecule has 8 heteroatoms. The average Bonchev–Trinajstić information content (AvgIpc) is 3.10. The molecule has 1 N–H and O–H groups in total. The summed E-state index contributed by atoms with van der Waals surface area (Å²) >= 11 is 3.28. The van der Waals surface area contributed by atoms with E-state index >= 15 is 0 Å². The van der Waals surface area contributed by atoms with E-state index in [0.717, 1.165) is 16.6 Å². The molecular formula is C19H12BrF3N2O2. The number of alkyl halides is 3. The van der Waals surface area contributed by atoms with Gasteiger partial charge in [0.1, 0.15) is 11.5 Å². The molecule has 0 atom stereocenters. The third-order valence-electron chi connectivity index (χ3n) is 3.57. The maximum Gasteiger partial charge on any atom is 0.416 e. The van der Waals surface area contributed by atoms with Crippen molar-refractivity contribution in [2.75, 3.05) is 0 Å². The van der Waals surface area contributed by atoms with Crippen molar-refractivity contribution in [1.29, 1.82) is 0 Å². The first-order valence-electron chi connectivity index (χ1n) is 7.69. The molecule has 3 aromatic rings. The highest BCUT2D eigenvalue weighted by molar-refractivity contribution is 9.10. The van der Waals surface area contributed by atoms with Crippen LogP contribution in [0.5, 0.6) is 0 Å². The number of benzene rings is 2. The summed E-state index contributed by atoms with van der Waals surface area (Å²) in [5, 5.41) is 3.79. The first kappa shape index (κ1) is 18.9. The minimum absolute atomic E-state index is 0.266. The van der Waals surface area contributed by atoms with E-state index in [1.165, 1.54) is 24.4 Å². The highest BCUT2D eigenvalue weighted by Crippen LogP contribution is 2.32. The van der Waals surface area contributed by atoms with Gasteiger partial charge in [-0.05, 0) is 48.5 Å². The molecule has 1 heterocycles. The van der Waals surface area contributed by atoms with Crippen LogP contribution in [0, 0.1) is 0 Å². The van der Waals surface area contributed by atoms with Gasteiger partial charge in [-0.2, -0.15) is 18.3 Å². The third-order valence-corrected chi connectivity index (χ3v) is 4.09. The Morgan fingerprint density at radius 1 is 1.07 bits per heavy atom. The number of nitrogens with one attached hydrogen (secondary N) is 1. The van der Waals surface area contributed by atoms with Crippen LogP contribution >= 0.6 is 15.9 Å². The van der Waals surface area contributed by atoms with Crippen molar-refractivity contribution in [2.45, 2.75) is 6.18 Å². The largest absolute Gasteiger partial charge is 0.455 e. The smallest absolute Gasteiger partial charge is 0.416 e. The van der Waals surface area contributed by atoms with Crippen molar-refractivity contribution >= 4 is 28.1 Å². The maximum absolute atomic E-state index is 12.8. The van der Waals surface area contributed by atoms with Crippen molar-refractivity contribution in [2.24, 2.45) is 5.10 Å². The topological polar surface area (TPSA) is 54.6 Å². The lowest BCUT2D eigenvalue weighted by Gasteiger charge is -2.07. The Balaban J connectivity index is 1.68. The minimum atomic E-state index is -4.43. The van der Waals surface area contributed by atoms with E-state index < -0.39 is 17.6 Å². The van der Waals surface area contributed by atoms with Crippen molar-refractivity contribution in [1.82, 2.24) is 5.43 Å². The van der Waals surface area contributed by atoms with Crippen LogP contribution in [-0.2, 0) is 6.18 Å². The molecule has 1 aromatic heterocycles. The SMILES string of the molecule is O=C(N/N=C\c1ccc(-c2cccc(C(F)(F)F)c2)o1)c1ccc(Br)cc1. The molecule has 0 spiro atoms. The Morgan fingerprint density at radius 2 is 1.81 bits per heavy atom. The van der Waals surface area contributed by atoms with Crippen molar-refractivity contribution < 1.29 is 22.4 Å². The van der Waals surface area contributed by atoms with Gasteiger partial charge in [-0.25, -0.2) is 5.43 Å². The summed E-state index contributed by atoms with van der Waals surface area (Å²) in [5.41, 5.74) is 2.32. The summed E-state index contributed by atoms with van der Waals surface area (Å²) in [6.45, 7) is 0. The lowest BCUT2D eigenvalue weighted by atomic mass is 10.1. The van der Waals surface area contributed by atoms with Crippen LogP contribution < -0.4 is 5.43 Å². The molecule has 27 heavy (non-hydrogen) atoms. The molecule has 0 unspecified atom stereocenters. The number of nitrogens with zero attached hydrogens (tertiary/aromatic N) is 1. The van der Waals surface area contributed by atoms with Gasteiger partial charge in [-0.1, -0.05) is 28.1 Å². The van der Waals surface area contributed by atoms with Crippen molar-refractivity contribution in [3.63, 3.8) is 0 Å². The number of halogens is 4. The average molecular weight is 437 g/mol. The molecule has 0 saturated carbocycles. The zero-order valence-electron chi connectivity index (χ0n) is 13.6. The fourth-order valence-electron chi connectivity index (χ4n) is 2.25. The monoisotopic (exact) mass is 436 g/mol. The molecule has 0 bridgehead atoms. The van der Waals surface area contributed by atoms with Crippen LogP contribution in [0.1, 0.15) is 21.7 Å². The van der Waals surface area contributed by atoms with Gasteiger partial charge in [0.2, 0.25) is 0 Å². The maximum atomic E-state index is 12.8. The van der Waals surface area contributed by atoms with Crippen LogP contribution in [0.2, 0.25) is 0 Å². The van der Waals surface area contributed by atoms with Crippen LogP contribution in [0.3, 0.4) is 0 Å². The zero-order valence-corrected chi connectivity index (χ0v) is 15.2. The predicted octanol–water partition coefficient (Wildman–Crippen LogP) is 5.49. The summed E-state index contributed by atoms with van der Waals surface area (Å²) in [4.78, 5) is 11.9. The van der Waals surface area contributed by atoms with Gasteiger partial charge in [0, 0.05) is 15.6 Å². The second-order valence-corrected chi connectivity index (χ2v) is 6.40. The summed E-state index contributed by atoms with van der Waals surface area (Å²) in [6.07, 6.45) is -3.15. The quantitative estimate of drug-likeness (QED) is 0.434. The third kappa shape index (κ3) is 4.85. The number of rotatable bonds is 4. The lowest BCUT2D eigenvalue weighted by molar-refractivity contribution is -0.137. The molecule has 0 aliphatic rings. The van der Waals surface area contributed by atoms with Crippen molar-refractivity contribution in [3.05, 3.63) is 82.0 Å². The summed E-state index contributed by atoms with van der Waals surface area (Å²) < 4.78 is 44.7. The Hall–Kier alpha value is -2.87. The summed E-state index contributed by atoms with van der Waals surface area (Å²) in [6, 6.07) is 14.6. The first-order chi connectivity index (χ1) is 12.8. The van der Waals surface area contributed by atoms with Crippen LogP contribution in [0.25, 0.3) is 11.3 Å². The number of carbonyl (C=O) groups is 1. The second-order valence-electron chi connectivity index (χ2n) is 5.49. The Bertz CT molecular complexity index is 979. The molecule has 0 aliphatic carbocycles. The van der Waals surface area contributed by atoms with Crippen molar-refractivity contribution in [3.8, 4) is 11.3 Å². The number of furan rings is 1. The number of amides is 1. The first-order valence-corrected chi connectivity index (χ1v) is 8.49. The van der Waals surface area contributed by atoms with E-state index in [9.17, 15) is 18.0 Å². The Morgan fingerprint density at radius 3 is 2.52 bits per heavy atom. The highest BCUT2D eigenvalue weighted by Gasteiger charge is 2.30. The normalized spacial score (nSPS) is 11.7. The highest BCUT2D eigenvalue weighted by atomic mass is 79.9. The van der Waals surface area contributed by atoms with E-state index in [2.05, 4.69) is 26.5 Å². The number of hydrazone groups is 1. The van der Waals surface area contributed by atoms with Crippen LogP contribution in [-0.4, -0.2) is 12.1 Å². The number of hydrogen-bond donors (Lipinski definition) is 1. The molecule has 2 aromatic carbocycles. The standard InChI is InChI=1S/C19H12BrF3N2O2/c20-15-6-4-12(5-7-15)18(26)25-24-11-16-8-9-17(27-16)13-2-1-3-14(10-13)19(21,22)23/h1-11H,(H,25,26)/b24-11-. The molecule has 0 radical (unpaired) electrons. The molecular weight excluding hydrogens is 425 g/mol. The molecule has 3 rings (SSSR count). The zero-order chi connectivity index (χ0) is 19.4. The van der Waals surface area contributed by atoms with Gasteiger partial charge >= 0.3 is 6.18 Å². The number of hydrogen-bond acceptors (Lipinski definition) is 3. The van der Waals surface area contributed by atoms with E-state index in [-0.39, 0.29) is 5.76 Å². The van der Waals surface area contributed by atoms with E-state index in [1.54, 1.807) is 30.3 Å². The van der Waals surface area contributed by atoms with E-state index in [1.807, 2.05) is 0 Å². The molecule has 0 saturated heterocycles.